The molecule has 0 bridgehead atoms. The van der Waals surface area contributed by atoms with Gasteiger partial charge in [0.25, 0.3) is 5.91 Å². The van der Waals surface area contributed by atoms with Crippen LogP contribution in [0, 0.1) is 0 Å². The lowest BCUT2D eigenvalue weighted by molar-refractivity contribution is 0.0949. The SMILES string of the molecule is COc1ccc(CNC(=O)c2nc3c(s2)C(=O)C=CC3=O)cc1. The number of fused-ring (bicyclic) bond motifs is 1. The minimum Gasteiger partial charge on any atom is -0.497 e. The number of benzene rings is 1. The maximum absolute atomic E-state index is 12.1. The van der Waals surface area contributed by atoms with Crippen LogP contribution in [0.25, 0.3) is 0 Å². The number of ketones is 2. The smallest absolute Gasteiger partial charge is 0.280 e. The molecule has 1 aliphatic rings. The predicted octanol–water partition coefficient (Wildman–Crippen LogP) is 2.02. The van der Waals surface area contributed by atoms with Gasteiger partial charge in [-0.1, -0.05) is 12.1 Å². The lowest BCUT2D eigenvalue weighted by Gasteiger charge is -2.04. The fourth-order valence-corrected chi connectivity index (χ4v) is 2.97. The molecule has 0 spiro atoms. The van der Waals surface area contributed by atoms with Crippen LogP contribution in [-0.4, -0.2) is 29.6 Å². The van der Waals surface area contributed by atoms with Crippen molar-refractivity contribution in [3.05, 3.63) is 57.6 Å². The Kier molecular flexibility index (Phi) is 4.03. The van der Waals surface area contributed by atoms with Crippen LogP contribution in [0.15, 0.2) is 36.4 Å². The Labute approximate surface area is 135 Å². The van der Waals surface area contributed by atoms with Crippen molar-refractivity contribution in [2.24, 2.45) is 0 Å². The van der Waals surface area contributed by atoms with E-state index in [9.17, 15) is 14.4 Å². The maximum atomic E-state index is 12.1. The van der Waals surface area contributed by atoms with Crippen LogP contribution in [0.4, 0.5) is 0 Å². The zero-order chi connectivity index (χ0) is 16.4. The van der Waals surface area contributed by atoms with Crippen LogP contribution in [0.1, 0.15) is 35.5 Å². The van der Waals surface area contributed by atoms with Gasteiger partial charge in [-0.05, 0) is 29.8 Å². The summed E-state index contributed by atoms with van der Waals surface area (Å²) >= 11 is 0.932. The summed E-state index contributed by atoms with van der Waals surface area (Å²) in [4.78, 5) is 39.7. The lowest BCUT2D eigenvalue weighted by atomic mass is 10.1. The van der Waals surface area contributed by atoms with Crippen LogP contribution in [0.5, 0.6) is 5.75 Å². The Balaban J connectivity index is 1.70. The number of rotatable bonds is 4. The zero-order valence-electron chi connectivity index (χ0n) is 12.2. The number of nitrogens with zero attached hydrogens (tertiary/aromatic N) is 1. The second kappa shape index (κ2) is 6.13. The predicted molar refractivity (Wildman–Crippen MR) is 84.1 cm³/mol. The number of ether oxygens (including phenoxy) is 1. The summed E-state index contributed by atoms with van der Waals surface area (Å²) in [6.07, 6.45) is 2.37. The van der Waals surface area contributed by atoms with E-state index in [4.69, 9.17) is 4.74 Å². The fourth-order valence-electron chi connectivity index (χ4n) is 2.06. The first-order valence-corrected chi connectivity index (χ1v) is 7.59. The first-order valence-electron chi connectivity index (χ1n) is 6.77. The topological polar surface area (TPSA) is 85.4 Å². The minimum atomic E-state index is -0.416. The van der Waals surface area contributed by atoms with Crippen LogP contribution in [0.2, 0.25) is 0 Å². The average molecular weight is 328 g/mol. The van der Waals surface area contributed by atoms with E-state index in [0.717, 1.165) is 22.6 Å². The Morgan fingerprint density at radius 1 is 1.17 bits per heavy atom. The Hall–Kier alpha value is -2.80. The Morgan fingerprint density at radius 3 is 2.52 bits per heavy atom. The molecule has 116 valence electrons. The van der Waals surface area contributed by atoms with E-state index in [1.165, 1.54) is 12.2 Å². The van der Waals surface area contributed by atoms with Crippen molar-refractivity contribution < 1.29 is 19.1 Å². The largest absolute Gasteiger partial charge is 0.497 e. The number of nitrogens with one attached hydrogen (secondary N) is 1. The summed E-state index contributed by atoms with van der Waals surface area (Å²) in [5, 5.41) is 2.82. The monoisotopic (exact) mass is 328 g/mol. The first-order chi connectivity index (χ1) is 11.1. The number of hydrogen-bond acceptors (Lipinski definition) is 6. The molecule has 1 heterocycles. The molecule has 2 aromatic rings. The fraction of sp³-hybridized carbons (Fsp3) is 0.125. The molecular weight excluding hydrogens is 316 g/mol. The summed E-state index contributed by atoms with van der Waals surface area (Å²) in [5.74, 6) is -0.339. The molecule has 1 N–H and O–H groups in total. The van der Waals surface area contributed by atoms with E-state index in [2.05, 4.69) is 10.3 Å². The van der Waals surface area contributed by atoms with Crippen molar-refractivity contribution >= 4 is 28.8 Å². The molecular formula is C16H12N2O4S. The highest BCUT2D eigenvalue weighted by Crippen LogP contribution is 2.23. The van der Waals surface area contributed by atoms with Gasteiger partial charge in [-0.2, -0.15) is 0 Å². The molecule has 3 rings (SSSR count). The van der Waals surface area contributed by atoms with Crippen molar-refractivity contribution in [2.45, 2.75) is 6.54 Å². The molecule has 0 aliphatic heterocycles. The molecule has 23 heavy (non-hydrogen) atoms. The third-order valence-electron chi connectivity index (χ3n) is 3.28. The third kappa shape index (κ3) is 3.04. The molecule has 0 saturated heterocycles. The summed E-state index contributed by atoms with van der Waals surface area (Å²) in [7, 11) is 1.58. The van der Waals surface area contributed by atoms with E-state index in [1.807, 2.05) is 12.1 Å². The van der Waals surface area contributed by atoms with Crippen molar-refractivity contribution in [3.63, 3.8) is 0 Å². The van der Waals surface area contributed by atoms with Gasteiger partial charge in [-0.15, -0.1) is 11.3 Å². The number of allylic oxidation sites excluding steroid dienone is 2. The molecule has 1 aliphatic carbocycles. The van der Waals surface area contributed by atoms with Crippen molar-refractivity contribution in [1.82, 2.24) is 10.3 Å². The number of hydrogen-bond donors (Lipinski definition) is 1. The molecule has 0 unspecified atom stereocenters. The van der Waals surface area contributed by atoms with E-state index in [0.29, 0.717) is 6.54 Å². The summed E-state index contributed by atoms with van der Waals surface area (Å²) < 4.78 is 5.07. The van der Waals surface area contributed by atoms with Crippen molar-refractivity contribution in [2.75, 3.05) is 7.11 Å². The second-order valence-electron chi connectivity index (χ2n) is 4.79. The molecule has 0 atom stereocenters. The number of amides is 1. The molecule has 1 aromatic carbocycles. The minimum absolute atomic E-state index is 0.0529. The molecule has 6 nitrogen and oxygen atoms in total. The summed E-state index contributed by atoms with van der Waals surface area (Å²) in [6, 6.07) is 7.27. The molecule has 1 aromatic heterocycles. The van der Waals surface area contributed by atoms with Gasteiger partial charge in [-0.3, -0.25) is 14.4 Å². The normalized spacial score (nSPS) is 12.9. The highest BCUT2D eigenvalue weighted by Gasteiger charge is 2.26. The second-order valence-corrected chi connectivity index (χ2v) is 5.79. The molecule has 0 saturated carbocycles. The van der Waals surface area contributed by atoms with Gasteiger partial charge in [-0.25, -0.2) is 4.98 Å². The van der Waals surface area contributed by atoms with Gasteiger partial charge in [0.15, 0.2) is 10.8 Å². The first kappa shape index (κ1) is 15.1. The van der Waals surface area contributed by atoms with E-state index < -0.39 is 5.91 Å². The van der Waals surface area contributed by atoms with Gasteiger partial charge in [0.05, 0.1) is 7.11 Å². The molecule has 0 radical (unpaired) electrons. The number of carbonyl (C=O) groups excluding carboxylic acids is 3. The summed E-state index contributed by atoms with van der Waals surface area (Å²) in [6.45, 7) is 0.313. The number of carbonyl (C=O) groups is 3. The molecule has 1 amide bonds. The van der Waals surface area contributed by atoms with Crippen molar-refractivity contribution in [1.29, 1.82) is 0 Å². The molecule has 0 fully saturated rings. The Morgan fingerprint density at radius 2 is 1.87 bits per heavy atom. The summed E-state index contributed by atoms with van der Waals surface area (Å²) in [5.41, 5.74) is 0.950. The standard InChI is InChI=1S/C16H12N2O4S/c1-22-10-4-2-9(3-5-10)8-17-15(21)16-18-13-11(19)6-7-12(20)14(13)23-16/h2-7H,8H2,1H3,(H,17,21). The van der Waals surface area contributed by atoms with Gasteiger partial charge in [0.1, 0.15) is 16.3 Å². The van der Waals surface area contributed by atoms with E-state index >= 15 is 0 Å². The third-order valence-corrected chi connectivity index (χ3v) is 4.35. The van der Waals surface area contributed by atoms with Gasteiger partial charge in [0.2, 0.25) is 5.78 Å². The average Bonchev–Trinajstić information content (AvgIpc) is 3.03. The van der Waals surface area contributed by atoms with Crippen LogP contribution >= 0.6 is 11.3 Å². The number of methoxy groups -OCH3 is 1. The van der Waals surface area contributed by atoms with E-state index in [-0.39, 0.29) is 27.1 Å². The highest BCUT2D eigenvalue weighted by atomic mass is 32.1. The quantitative estimate of drug-likeness (QED) is 0.928. The lowest BCUT2D eigenvalue weighted by Crippen LogP contribution is -2.22. The Bertz CT molecular complexity index is 786. The van der Waals surface area contributed by atoms with Gasteiger partial charge >= 0.3 is 0 Å². The van der Waals surface area contributed by atoms with Gasteiger partial charge < -0.3 is 10.1 Å². The van der Waals surface area contributed by atoms with Gasteiger partial charge in [0, 0.05) is 6.54 Å². The molecule has 7 heteroatoms. The van der Waals surface area contributed by atoms with E-state index in [1.54, 1.807) is 19.2 Å². The van der Waals surface area contributed by atoms with Crippen LogP contribution < -0.4 is 10.1 Å². The maximum Gasteiger partial charge on any atom is 0.280 e. The van der Waals surface area contributed by atoms with Crippen LogP contribution in [0.3, 0.4) is 0 Å². The zero-order valence-corrected chi connectivity index (χ0v) is 13.0. The number of aromatic nitrogens is 1. The highest BCUT2D eigenvalue weighted by molar-refractivity contribution is 7.16. The van der Waals surface area contributed by atoms with Crippen molar-refractivity contribution in [3.8, 4) is 5.75 Å². The number of thiazole rings is 1. The van der Waals surface area contributed by atoms with Crippen LogP contribution in [-0.2, 0) is 6.54 Å².